The molecule has 0 amide bonds. The van der Waals surface area contributed by atoms with E-state index in [0.717, 1.165) is 24.6 Å². The fourth-order valence-corrected chi connectivity index (χ4v) is 2.18. The van der Waals surface area contributed by atoms with E-state index < -0.39 is 0 Å². The average molecular weight is 274 g/mol. The summed E-state index contributed by atoms with van der Waals surface area (Å²) in [5, 5.41) is 12.3. The normalized spacial score (nSPS) is 15.2. The van der Waals surface area contributed by atoms with E-state index in [1.807, 2.05) is 15.6 Å². The summed E-state index contributed by atoms with van der Waals surface area (Å²) in [5.74, 6) is 1.52. The van der Waals surface area contributed by atoms with Gasteiger partial charge in [-0.25, -0.2) is 9.67 Å². The van der Waals surface area contributed by atoms with E-state index in [-0.39, 0.29) is 0 Å². The second-order valence-corrected chi connectivity index (χ2v) is 5.91. The van der Waals surface area contributed by atoms with E-state index in [0.29, 0.717) is 18.5 Å². The Labute approximate surface area is 119 Å². The van der Waals surface area contributed by atoms with Crippen molar-refractivity contribution < 1.29 is 0 Å². The van der Waals surface area contributed by atoms with Crippen molar-refractivity contribution in [1.29, 1.82) is 0 Å². The predicted molar refractivity (Wildman–Crippen MR) is 76.1 cm³/mol. The van der Waals surface area contributed by atoms with E-state index in [1.54, 1.807) is 6.33 Å². The van der Waals surface area contributed by atoms with Crippen LogP contribution >= 0.6 is 0 Å². The van der Waals surface area contributed by atoms with Crippen LogP contribution in [0.4, 0.5) is 0 Å². The van der Waals surface area contributed by atoms with Crippen LogP contribution in [0.3, 0.4) is 0 Å². The fraction of sp³-hybridized carbons (Fsp3) is 0.643. The summed E-state index contributed by atoms with van der Waals surface area (Å²) in [6.45, 7) is 6.79. The van der Waals surface area contributed by atoms with Crippen LogP contribution in [0.15, 0.2) is 18.6 Å². The van der Waals surface area contributed by atoms with Crippen molar-refractivity contribution in [3.8, 4) is 0 Å². The van der Waals surface area contributed by atoms with Crippen molar-refractivity contribution in [2.45, 2.75) is 52.4 Å². The van der Waals surface area contributed by atoms with Gasteiger partial charge in [0.15, 0.2) is 0 Å². The molecule has 108 valence electrons. The van der Waals surface area contributed by atoms with E-state index in [4.69, 9.17) is 0 Å². The summed E-state index contributed by atoms with van der Waals surface area (Å²) in [6, 6.07) is 2.78. The summed E-state index contributed by atoms with van der Waals surface area (Å²) < 4.78 is 3.90. The smallest absolute Gasteiger partial charge is 0.148 e. The van der Waals surface area contributed by atoms with Crippen molar-refractivity contribution in [1.82, 2.24) is 29.9 Å². The molecule has 1 fully saturated rings. The number of nitrogens with zero attached hydrogens (tertiary/aromatic N) is 5. The van der Waals surface area contributed by atoms with Crippen LogP contribution in [0.5, 0.6) is 0 Å². The SMILES string of the molecule is CC(C)Cn1ncnc1Cn1ccc(CNC2CC2)n1. The molecule has 1 aliphatic carbocycles. The second-order valence-electron chi connectivity index (χ2n) is 5.91. The van der Waals surface area contributed by atoms with Crippen LogP contribution in [-0.2, 0) is 19.6 Å². The largest absolute Gasteiger partial charge is 0.308 e. The maximum absolute atomic E-state index is 4.58. The van der Waals surface area contributed by atoms with Gasteiger partial charge >= 0.3 is 0 Å². The summed E-state index contributed by atoms with van der Waals surface area (Å²) in [6.07, 6.45) is 6.24. The average Bonchev–Trinajstić information content (AvgIpc) is 2.98. The first-order valence-electron chi connectivity index (χ1n) is 7.33. The van der Waals surface area contributed by atoms with Crippen LogP contribution in [0.1, 0.15) is 38.2 Å². The zero-order chi connectivity index (χ0) is 13.9. The topological polar surface area (TPSA) is 60.6 Å². The number of rotatable bonds is 7. The number of aromatic nitrogens is 5. The summed E-state index contributed by atoms with van der Waals surface area (Å²) in [7, 11) is 0. The molecule has 1 aliphatic rings. The van der Waals surface area contributed by atoms with Crippen molar-refractivity contribution in [2.24, 2.45) is 5.92 Å². The van der Waals surface area contributed by atoms with Crippen LogP contribution in [-0.4, -0.2) is 30.6 Å². The quantitative estimate of drug-likeness (QED) is 0.830. The van der Waals surface area contributed by atoms with Gasteiger partial charge in [-0.05, 0) is 24.8 Å². The molecule has 0 aliphatic heterocycles. The van der Waals surface area contributed by atoms with Gasteiger partial charge in [-0.2, -0.15) is 10.2 Å². The van der Waals surface area contributed by atoms with E-state index in [1.165, 1.54) is 12.8 Å². The number of hydrogen-bond donors (Lipinski definition) is 1. The summed E-state index contributed by atoms with van der Waals surface area (Å²) >= 11 is 0. The highest BCUT2D eigenvalue weighted by Crippen LogP contribution is 2.19. The Balaban J connectivity index is 1.60. The molecule has 6 nitrogen and oxygen atoms in total. The van der Waals surface area contributed by atoms with Crippen LogP contribution < -0.4 is 5.32 Å². The lowest BCUT2D eigenvalue weighted by molar-refractivity contribution is 0.455. The first-order chi connectivity index (χ1) is 9.70. The maximum Gasteiger partial charge on any atom is 0.148 e. The van der Waals surface area contributed by atoms with Gasteiger partial charge in [0.25, 0.3) is 0 Å². The van der Waals surface area contributed by atoms with Gasteiger partial charge in [0.05, 0.1) is 5.69 Å². The van der Waals surface area contributed by atoms with Crippen molar-refractivity contribution in [2.75, 3.05) is 0 Å². The first-order valence-corrected chi connectivity index (χ1v) is 7.33. The van der Waals surface area contributed by atoms with Crippen molar-refractivity contribution >= 4 is 0 Å². The molecule has 2 heterocycles. The lowest BCUT2D eigenvalue weighted by atomic mass is 10.2. The highest BCUT2D eigenvalue weighted by Gasteiger charge is 2.20. The molecule has 20 heavy (non-hydrogen) atoms. The zero-order valence-corrected chi connectivity index (χ0v) is 12.2. The van der Waals surface area contributed by atoms with Crippen LogP contribution in [0.2, 0.25) is 0 Å². The molecule has 0 radical (unpaired) electrons. The van der Waals surface area contributed by atoms with Gasteiger partial charge in [0, 0.05) is 25.3 Å². The van der Waals surface area contributed by atoms with Crippen LogP contribution in [0.25, 0.3) is 0 Å². The third-order valence-electron chi connectivity index (χ3n) is 3.38. The molecule has 0 atom stereocenters. The molecule has 0 unspecified atom stereocenters. The lowest BCUT2D eigenvalue weighted by Gasteiger charge is -2.08. The molecule has 0 bridgehead atoms. The summed E-state index contributed by atoms with van der Waals surface area (Å²) in [5.41, 5.74) is 1.09. The molecule has 1 saturated carbocycles. The van der Waals surface area contributed by atoms with Gasteiger partial charge in [0.2, 0.25) is 0 Å². The zero-order valence-electron chi connectivity index (χ0n) is 12.2. The van der Waals surface area contributed by atoms with E-state index in [9.17, 15) is 0 Å². The predicted octanol–water partition coefficient (Wildman–Crippen LogP) is 1.43. The number of nitrogens with one attached hydrogen (secondary N) is 1. The Morgan fingerprint density at radius 1 is 1.40 bits per heavy atom. The van der Waals surface area contributed by atoms with Crippen molar-refractivity contribution in [3.05, 3.63) is 30.1 Å². The standard InChI is InChI=1S/C14H22N6/c1-11(2)8-20-14(16-10-17-20)9-19-6-5-13(18-19)7-15-12-3-4-12/h5-6,10-12,15H,3-4,7-9H2,1-2H3. The minimum atomic E-state index is 0.561. The molecule has 0 saturated heterocycles. The Morgan fingerprint density at radius 2 is 2.25 bits per heavy atom. The molecule has 2 aromatic heterocycles. The van der Waals surface area contributed by atoms with Crippen molar-refractivity contribution in [3.63, 3.8) is 0 Å². The number of hydrogen-bond acceptors (Lipinski definition) is 4. The molecule has 0 spiro atoms. The summed E-state index contributed by atoms with van der Waals surface area (Å²) in [4.78, 5) is 4.33. The molecular formula is C14H22N6. The second kappa shape index (κ2) is 5.75. The minimum Gasteiger partial charge on any atom is -0.308 e. The van der Waals surface area contributed by atoms with E-state index in [2.05, 4.69) is 40.4 Å². The maximum atomic E-state index is 4.58. The first kappa shape index (κ1) is 13.3. The Bertz CT molecular complexity index is 552. The van der Waals surface area contributed by atoms with Gasteiger partial charge in [-0.15, -0.1) is 0 Å². The molecular weight excluding hydrogens is 252 g/mol. The Morgan fingerprint density at radius 3 is 3.00 bits per heavy atom. The monoisotopic (exact) mass is 274 g/mol. The Hall–Kier alpha value is -1.69. The highest BCUT2D eigenvalue weighted by molar-refractivity contribution is 5.01. The van der Waals surface area contributed by atoms with Gasteiger partial charge < -0.3 is 5.32 Å². The molecule has 0 aromatic carbocycles. The molecule has 2 aromatic rings. The third-order valence-corrected chi connectivity index (χ3v) is 3.38. The molecule has 6 heteroatoms. The third kappa shape index (κ3) is 3.45. The Kier molecular flexibility index (Phi) is 3.82. The van der Waals surface area contributed by atoms with E-state index >= 15 is 0 Å². The molecule has 3 rings (SSSR count). The lowest BCUT2D eigenvalue weighted by Crippen LogP contribution is -2.16. The molecule has 1 N–H and O–H groups in total. The van der Waals surface area contributed by atoms with Crippen LogP contribution in [0, 0.1) is 5.92 Å². The minimum absolute atomic E-state index is 0.561. The highest BCUT2D eigenvalue weighted by atomic mass is 15.4. The van der Waals surface area contributed by atoms with Gasteiger partial charge in [-0.1, -0.05) is 13.8 Å². The fourth-order valence-electron chi connectivity index (χ4n) is 2.18. The van der Waals surface area contributed by atoms with Gasteiger partial charge in [0.1, 0.15) is 18.7 Å². The van der Waals surface area contributed by atoms with Gasteiger partial charge in [-0.3, -0.25) is 4.68 Å².